The smallest absolute Gasteiger partial charge is 0.195 e. The molecule has 0 atom stereocenters. The summed E-state index contributed by atoms with van der Waals surface area (Å²) in [6.45, 7) is 2.14. The normalized spacial score (nSPS) is 10.5. The van der Waals surface area contributed by atoms with Crippen LogP contribution in [0, 0.1) is 5.82 Å². The van der Waals surface area contributed by atoms with Crippen LogP contribution in [-0.4, -0.2) is 5.78 Å². The summed E-state index contributed by atoms with van der Waals surface area (Å²) >= 11 is 0. The molecule has 0 N–H and O–H groups in total. The van der Waals surface area contributed by atoms with Crippen molar-refractivity contribution in [1.82, 2.24) is 0 Å². The summed E-state index contributed by atoms with van der Waals surface area (Å²) < 4.78 is 14.1. The minimum absolute atomic E-state index is 0.149. The minimum atomic E-state index is -0.423. The third-order valence-electron chi connectivity index (χ3n) is 3.38. The first-order valence-electron chi connectivity index (χ1n) is 7.10. The van der Waals surface area contributed by atoms with Crippen molar-refractivity contribution in [3.63, 3.8) is 0 Å². The van der Waals surface area contributed by atoms with Crippen LogP contribution >= 0.6 is 0 Å². The Hall–Kier alpha value is -1.96. The van der Waals surface area contributed by atoms with E-state index in [4.69, 9.17) is 0 Å². The first-order valence-corrected chi connectivity index (χ1v) is 7.10. The molecule has 2 rings (SSSR count). The zero-order chi connectivity index (χ0) is 14.4. The average Bonchev–Trinajstić information content (AvgIpc) is 2.48. The number of ketones is 1. The van der Waals surface area contributed by atoms with Gasteiger partial charge in [0.25, 0.3) is 0 Å². The molecule has 0 heterocycles. The van der Waals surface area contributed by atoms with E-state index in [9.17, 15) is 9.18 Å². The van der Waals surface area contributed by atoms with Crippen LogP contribution in [0.4, 0.5) is 4.39 Å². The summed E-state index contributed by atoms with van der Waals surface area (Å²) in [5, 5.41) is 0. The Kier molecular flexibility index (Phi) is 5.05. The van der Waals surface area contributed by atoms with Gasteiger partial charge in [-0.2, -0.15) is 0 Å². The van der Waals surface area contributed by atoms with Crippen LogP contribution in [-0.2, 0) is 6.42 Å². The van der Waals surface area contributed by atoms with Crippen molar-refractivity contribution in [3.8, 4) is 0 Å². The van der Waals surface area contributed by atoms with Crippen molar-refractivity contribution in [3.05, 3.63) is 71.0 Å². The summed E-state index contributed by atoms with van der Waals surface area (Å²) in [6, 6.07) is 13.8. The van der Waals surface area contributed by atoms with E-state index in [1.165, 1.54) is 6.07 Å². The first-order chi connectivity index (χ1) is 9.72. The number of rotatable bonds is 6. The molecular formula is C18H19FO. The quantitative estimate of drug-likeness (QED) is 0.545. The Morgan fingerprint density at radius 2 is 1.80 bits per heavy atom. The van der Waals surface area contributed by atoms with Gasteiger partial charge >= 0.3 is 0 Å². The first kappa shape index (κ1) is 14.4. The van der Waals surface area contributed by atoms with Gasteiger partial charge in [-0.1, -0.05) is 56.2 Å². The molecule has 0 aromatic heterocycles. The van der Waals surface area contributed by atoms with E-state index in [0.717, 1.165) is 31.2 Å². The van der Waals surface area contributed by atoms with E-state index in [0.29, 0.717) is 5.56 Å². The van der Waals surface area contributed by atoms with E-state index < -0.39 is 5.82 Å². The molecular weight excluding hydrogens is 251 g/mol. The molecule has 1 nitrogen and oxygen atoms in total. The fourth-order valence-corrected chi connectivity index (χ4v) is 2.22. The highest BCUT2D eigenvalue weighted by molar-refractivity contribution is 6.09. The average molecular weight is 270 g/mol. The van der Waals surface area contributed by atoms with E-state index in [1.54, 1.807) is 30.3 Å². The van der Waals surface area contributed by atoms with Crippen molar-refractivity contribution in [2.24, 2.45) is 0 Å². The predicted octanol–water partition coefficient (Wildman–Crippen LogP) is 4.79. The zero-order valence-corrected chi connectivity index (χ0v) is 11.7. The Morgan fingerprint density at radius 1 is 1.05 bits per heavy atom. The van der Waals surface area contributed by atoms with Crippen LogP contribution < -0.4 is 0 Å². The summed E-state index contributed by atoms with van der Waals surface area (Å²) in [5.41, 5.74) is 1.63. The molecule has 0 bridgehead atoms. The van der Waals surface area contributed by atoms with Gasteiger partial charge in [-0.3, -0.25) is 4.79 Å². The number of unbranched alkanes of at least 4 members (excludes halogenated alkanes) is 2. The molecule has 2 aromatic rings. The second kappa shape index (κ2) is 6.99. The van der Waals surface area contributed by atoms with Gasteiger partial charge in [0, 0.05) is 5.56 Å². The van der Waals surface area contributed by atoms with Crippen LogP contribution in [0.3, 0.4) is 0 Å². The second-order valence-corrected chi connectivity index (χ2v) is 4.97. The van der Waals surface area contributed by atoms with Crippen LogP contribution in [0.1, 0.15) is 47.7 Å². The lowest BCUT2D eigenvalue weighted by Gasteiger charge is -2.06. The van der Waals surface area contributed by atoms with Gasteiger partial charge in [-0.25, -0.2) is 4.39 Å². The van der Waals surface area contributed by atoms with E-state index in [1.807, 2.05) is 12.1 Å². The van der Waals surface area contributed by atoms with Gasteiger partial charge < -0.3 is 0 Å². The highest BCUT2D eigenvalue weighted by Crippen LogP contribution is 2.17. The van der Waals surface area contributed by atoms with Crippen LogP contribution in [0.2, 0.25) is 0 Å². The number of hydrogen-bond acceptors (Lipinski definition) is 1. The number of carbonyl (C=O) groups is 1. The SMILES string of the molecule is CCCCCc1ccc(C(=O)c2ccccc2)c(F)c1. The van der Waals surface area contributed by atoms with Crippen molar-refractivity contribution in [2.45, 2.75) is 32.6 Å². The standard InChI is InChI=1S/C18H19FO/c1-2-3-5-8-14-11-12-16(17(19)13-14)18(20)15-9-6-4-7-10-15/h4,6-7,9-13H,2-3,5,8H2,1H3. The van der Waals surface area contributed by atoms with Gasteiger partial charge in [0.1, 0.15) is 5.82 Å². The lowest BCUT2D eigenvalue weighted by molar-refractivity contribution is 0.103. The highest BCUT2D eigenvalue weighted by atomic mass is 19.1. The monoisotopic (exact) mass is 270 g/mol. The van der Waals surface area contributed by atoms with Gasteiger partial charge in [-0.15, -0.1) is 0 Å². The third-order valence-corrected chi connectivity index (χ3v) is 3.38. The third kappa shape index (κ3) is 3.53. The molecule has 0 aliphatic rings. The van der Waals surface area contributed by atoms with Crippen molar-refractivity contribution in [1.29, 1.82) is 0 Å². The van der Waals surface area contributed by atoms with Crippen LogP contribution in [0.15, 0.2) is 48.5 Å². The van der Waals surface area contributed by atoms with Crippen LogP contribution in [0.25, 0.3) is 0 Å². The Labute approximate surface area is 119 Å². The molecule has 2 heteroatoms. The second-order valence-electron chi connectivity index (χ2n) is 4.97. The topological polar surface area (TPSA) is 17.1 Å². The largest absolute Gasteiger partial charge is 0.288 e. The van der Waals surface area contributed by atoms with Crippen LogP contribution in [0.5, 0.6) is 0 Å². The summed E-state index contributed by atoms with van der Waals surface area (Å²) in [4.78, 5) is 12.2. The molecule has 104 valence electrons. The molecule has 20 heavy (non-hydrogen) atoms. The Balaban J connectivity index is 2.15. The molecule has 2 aromatic carbocycles. The lowest BCUT2D eigenvalue weighted by Crippen LogP contribution is -2.04. The number of benzene rings is 2. The molecule has 0 aliphatic heterocycles. The molecule has 0 radical (unpaired) electrons. The lowest BCUT2D eigenvalue weighted by atomic mass is 9.99. The molecule has 0 fully saturated rings. The predicted molar refractivity (Wildman–Crippen MR) is 79.5 cm³/mol. The molecule has 0 saturated carbocycles. The maximum absolute atomic E-state index is 14.1. The summed E-state index contributed by atoms with van der Waals surface area (Å²) in [6.07, 6.45) is 4.21. The Morgan fingerprint density at radius 3 is 2.45 bits per heavy atom. The molecule has 0 unspecified atom stereocenters. The molecule has 0 amide bonds. The molecule has 0 saturated heterocycles. The summed E-state index contributed by atoms with van der Waals surface area (Å²) in [7, 11) is 0. The molecule has 0 spiro atoms. The van der Waals surface area contributed by atoms with Crippen molar-refractivity contribution < 1.29 is 9.18 Å². The molecule has 0 aliphatic carbocycles. The van der Waals surface area contributed by atoms with Crippen molar-refractivity contribution >= 4 is 5.78 Å². The summed E-state index contributed by atoms with van der Waals surface area (Å²) in [5.74, 6) is -0.684. The van der Waals surface area contributed by atoms with Crippen molar-refractivity contribution in [2.75, 3.05) is 0 Å². The highest BCUT2D eigenvalue weighted by Gasteiger charge is 2.13. The fourth-order valence-electron chi connectivity index (χ4n) is 2.22. The Bertz CT molecular complexity index is 575. The fraction of sp³-hybridized carbons (Fsp3) is 0.278. The van der Waals surface area contributed by atoms with Gasteiger partial charge in [-0.05, 0) is 30.5 Å². The number of hydrogen-bond donors (Lipinski definition) is 0. The van der Waals surface area contributed by atoms with Gasteiger partial charge in [0.15, 0.2) is 5.78 Å². The zero-order valence-electron chi connectivity index (χ0n) is 11.7. The van der Waals surface area contributed by atoms with E-state index in [2.05, 4.69) is 6.92 Å². The van der Waals surface area contributed by atoms with E-state index >= 15 is 0 Å². The van der Waals surface area contributed by atoms with E-state index in [-0.39, 0.29) is 11.3 Å². The minimum Gasteiger partial charge on any atom is -0.288 e. The number of halogens is 1. The number of carbonyl (C=O) groups excluding carboxylic acids is 1. The van der Waals surface area contributed by atoms with Gasteiger partial charge in [0.05, 0.1) is 5.56 Å². The van der Waals surface area contributed by atoms with Gasteiger partial charge in [0.2, 0.25) is 0 Å². The maximum Gasteiger partial charge on any atom is 0.195 e. The number of aryl methyl sites for hydroxylation is 1. The maximum atomic E-state index is 14.1.